The summed E-state index contributed by atoms with van der Waals surface area (Å²) >= 11 is 0. The molecular weight excluding hydrogens is 98.1 g/mol. The molecule has 0 saturated carbocycles. The smallest absolute Gasteiger partial charge is 0.0357 e. The van der Waals surface area contributed by atoms with Gasteiger partial charge in [-0.25, -0.2) is 0 Å². The second-order valence-corrected chi connectivity index (χ2v) is 1.62. The molecule has 1 atom stereocenters. The van der Waals surface area contributed by atoms with Crippen molar-refractivity contribution in [2.24, 2.45) is 11.7 Å². The van der Waals surface area contributed by atoms with Crippen molar-refractivity contribution >= 4 is 0 Å². The Hall–Kier alpha value is -0.740. The SMILES string of the molecule is C#CC(CN)CC=C. The summed E-state index contributed by atoms with van der Waals surface area (Å²) in [5, 5.41) is 0. The normalized spacial score (nSPS) is 12.0. The third-order valence-electron chi connectivity index (χ3n) is 0.971. The lowest BCUT2D eigenvalue weighted by Crippen LogP contribution is -2.10. The number of nitrogens with two attached hydrogens (primary N) is 1. The van der Waals surface area contributed by atoms with Crippen LogP contribution in [0.3, 0.4) is 0 Å². The molecule has 1 nitrogen and oxygen atoms in total. The van der Waals surface area contributed by atoms with Gasteiger partial charge in [-0.2, -0.15) is 0 Å². The Morgan fingerprint density at radius 1 is 1.88 bits per heavy atom. The molecule has 2 N–H and O–H groups in total. The largest absolute Gasteiger partial charge is 0.329 e. The van der Waals surface area contributed by atoms with Crippen molar-refractivity contribution in [3.05, 3.63) is 12.7 Å². The molecule has 0 fully saturated rings. The topological polar surface area (TPSA) is 26.0 Å². The van der Waals surface area contributed by atoms with Crippen LogP contribution in [0.1, 0.15) is 6.42 Å². The Balaban J connectivity index is 3.40. The number of rotatable bonds is 3. The number of hydrogen-bond donors (Lipinski definition) is 1. The molecular formula is C7H11N. The Bertz CT molecular complexity index is 99.4. The van der Waals surface area contributed by atoms with Crippen LogP contribution in [0.15, 0.2) is 12.7 Å². The van der Waals surface area contributed by atoms with Crippen molar-refractivity contribution in [1.82, 2.24) is 0 Å². The van der Waals surface area contributed by atoms with Crippen LogP contribution >= 0.6 is 0 Å². The first-order valence-electron chi connectivity index (χ1n) is 2.62. The van der Waals surface area contributed by atoms with E-state index < -0.39 is 0 Å². The Morgan fingerprint density at radius 2 is 2.50 bits per heavy atom. The van der Waals surface area contributed by atoms with Crippen molar-refractivity contribution < 1.29 is 0 Å². The number of hydrogen-bond acceptors (Lipinski definition) is 1. The highest BCUT2D eigenvalue weighted by atomic mass is 14.5. The van der Waals surface area contributed by atoms with E-state index in [1.165, 1.54) is 0 Å². The average Bonchev–Trinajstić information content (AvgIpc) is 1.83. The molecule has 0 saturated heterocycles. The van der Waals surface area contributed by atoms with E-state index in [2.05, 4.69) is 12.5 Å². The van der Waals surface area contributed by atoms with Gasteiger partial charge in [0.1, 0.15) is 0 Å². The van der Waals surface area contributed by atoms with Crippen LogP contribution in [-0.4, -0.2) is 6.54 Å². The van der Waals surface area contributed by atoms with E-state index in [4.69, 9.17) is 12.2 Å². The molecule has 0 rings (SSSR count). The molecule has 1 heteroatoms. The standard InChI is InChI=1S/C7H11N/c1-3-5-7(4-2)6-8/h2-3,7H,1,5-6,8H2. The van der Waals surface area contributed by atoms with E-state index in [9.17, 15) is 0 Å². The minimum absolute atomic E-state index is 0.187. The fourth-order valence-electron chi connectivity index (χ4n) is 0.433. The summed E-state index contributed by atoms with van der Waals surface area (Å²) < 4.78 is 0. The van der Waals surface area contributed by atoms with Crippen LogP contribution in [0.5, 0.6) is 0 Å². The summed E-state index contributed by atoms with van der Waals surface area (Å²) in [6.45, 7) is 4.10. The highest BCUT2D eigenvalue weighted by Gasteiger charge is 1.95. The van der Waals surface area contributed by atoms with Crippen LogP contribution in [0, 0.1) is 18.3 Å². The summed E-state index contributed by atoms with van der Waals surface area (Å²) in [5.74, 6) is 2.74. The predicted molar refractivity (Wildman–Crippen MR) is 36.2 cm³/mol. The quantitative estimate of drug-likeness (QED) is 0.420. The lowest BCUT2D eigenvalue weighted by Gasteiger charge is -1.99. The molecule has 0 bridgehead atoms. The van der Waals surface area contributed by atoms with Gasteiger partial charge in [0.15, 0.2) is 0 Å². The molecule has 0 aromatic heterocycles. The van der Waals surface area contributed by atoms with Gasteiger partial charge in [-0.3, -0.25) is 0 Å². The van der Waals surface area contributed by atoms with Gasteiger partial charge in [-0.05, 0) is 6.42 Å². The van der Waals surface area contributed by atoms with Gasteiger partial charge in [0, 0.05) is 12.5 Å². The van der Waals surface area contributed by atoms with Gasteiger partial charge in [0.2, 0.25) is 0 Å². The summed E-state index contributed by atoms with van der Waals surface area (Å²) in [5.41, 5.74) is 5.28. The first-order chi connectivity index (χ1) is 3.85. The zero-order valence-corrected chi connectivity index (χ0v) is 4.93. The van der Waals surface area contributed by atoms with Crippen LogP contribution in [-0.2, 0) is 0 Å². The molecule has 8 heavy (non-hydrogen) atoms. The Labute approximate surface area is 50.6 Å². The Kier molecular flexibility index (Phi) is 4.01. The fraction of sp³-hybridized carbons (Fsp3) is 0.429. The van der Waals surface area contributed by atoms with E-state index >= 15 is 0 Å². The van der Waals surface area contributed by atoms with Gasteiger partial charge in [0.05, 0.1) is 0 Å². The molecule has 0 aliphatic carbocycles. The van der Waals surface area contributed by atoms with Crippen LogP contribution in [0.25, 0.3) is 0 Å². The van der Waals surface area contributed by atoms with Gasteiger partial charge in [-0.15, -0.1) is 18.9 Å². The third kappa shape index (κ3) is 2.44. The van der Waals surface area contributed by atoms with Crippen molar-refractivity contribution in [2.75, 3.05) is 6.54 Å². The molecule has 0 aromatic carbocycles. The molecule has 0 aliphatic rings. The minimum atomic E-state index is 0.187. The van der Waals surface area contributed by atoms with E-state index in [1.807, 2.05) is 0 Å². The molecule has 0 radical (unpaired) electrons. The monoisotopic (exact) mass is 109 g/mol. The van der Waals surface area contributed by atoms with E-state index in [0.29, 0.717) is 6.54 Å². The molecule has 0 spiro atoms. The molecule has 0 aliphatic heterocycles. The summed E-state index contributed by atoms with van der Waals surface area (Å²) in [6.07, 6.45) is 7.71. The van der Waals surface area contributed by atoms with Crippen molar-refractivity contribution in [2.45, 2.75) is 6.42 Å². The van der Waals surface area contributed by atoms with Gasteiger partial charge in [0.25, 0.3) is 0 Å². The van der Waals surface area contributed by atoms with Crippen molar-refractivity contribution in [1.29, 1.82) is 0 Å². The second-order valence-electron chi connectivity index (χ2n) is 1.62. The van der Waals surface area contributed by atoms with E-state index in [-0.39, 0.29) is 5.92 Å². The predicted octanol–water partition coefficient (Wildman–Crippen LogP) is 0.771. The molecule has 0 heterocycles. The maximum absolute atomic E-state index is 5.28. The maximum atomic E-state index is 5.28. The summed E-state index contributed by atoms with van der Waals surface area (Å²) in [7, 11) is 0. The first-order valence-corrected chi connectivity index (χ1v) is 2.62. The number of allylic oxidation sites excluding steroid dienone is 1. The maximum Gasteiger partial charge on any atom is 0.0357 e. The summed E-state index contributed by atoms with van der Waals surface area (Å²) in [6, 6.07) is 0. The van der Waals surface area contributed by atoms with Crippen LogP contribution < -0.4 is 5.73 Å². The zero-order valence-electron chi connectivity index (χ0n) is 4.93. The van der Waals surface area contributed by atoms with Crippen molar-refractivity contribution in [3.8, 4) is 12.3 Å². The molecule has 0 amide bonds. The zero-order chi connectivity index (χ0) is 6.41. The van der Waals surface area contributed by atoms with E-state index in [1.54, 1.807) is 6.08 Å². The van der Waals surface area contributed by atoms with Gasteiger partial charge >= 0.3 is 0 Å². The second kappa shape index (κ2) is 4.42. The lowest BCUT2D eigenvalue weighted by atomic mass is 10.1. The highest BCUT2D eigenvalue weighted by Crippen LogP contribution is 1.97. The van der Waals surface area contributed by atoms with Crippen molar-refractivity contribution in [3.63, 3.8) is 0 Å². The molecule has 0 aromatic rings. The Morgan fingerprint density at radius 3 is 2.62 bits per heavy atom. The summed E-state index contributed by atoms with van der Waals surface area (Å²) in [4.78, 5) is 0. The highest BCUT2D eigenvalue weighted by molar-refractivity contribution is 4.96. The minimum Gasteiger partial charge on any atom is -0.329 e. The molecule has 44 valence electrons. The average molecular weight is 109 g/mol. The van der Waals surface area contributed by atoms with Crippen LogP contribution in [0.2, 0.25) is 0 Å². The lowest BCUT2D eigenvalue weighted by molar-refractivity contribution is 0.700. The van der Waals surface area contributed by atoms with Crippen LogP contribution in [0.4, 0.5) is 0 Å². The fourth-order valence-corrected chi connectivity index (χ4v) is 0.433. The first kappa shape index (κ1) is 7.26. The van der Waals surface area contributed by atoms with Gasteiger partial charge in [-0.1, -0.05) is 6.08 Å². The molecule has 1 unspecified atom stereocenters. The van der Waals surface area contributed by atoms with E-state index in [0.717, 1.165) is 6.42 Å². The number of terminal acetylenes is 1. The third-order valence-corrected chi connectivity index (χ3v) is 0.971. The van der Waals surface area contributed by atoms with Gasteiger partial charge < -0.3 is 5.73 Å².